The van der Waals surface area contributed by atoms with Crippen LogP contribution in [0.15, 0.2) is 42.9 Å². The van der Waals surface area contributed by atoms with E-state index in [9.17, 15) is 0 Å². The molecule has 1 aromatic carbocycles. The molecule has 2 aromatic rings. The number of piperidine rings is 3. The highest BCUT2D eigenvalue weighted by molar-refractivity contribution is 5.37. The maximum atomic E-state index is 5.35. The molecule has 5 heteroatoms. The van der Waals surface area contributed by atoms with Gasteiger partial charge in [0, 0.05) is 44.1 Å². The third-order valence-corrected chi connectivity index (χ3v) is 6.76. The van der Waals surface area contributed by atoms with Crippen molar-refractivity contribution in [3.05, 3.63) is 48.4 Å². The van der Waals surface area contributed by atoms with Gasteiger partial charge in [-0.15, -0.1) is 0 Å². The van der Waals surface area contributed by atoms with Gasteiger partial charge >= 0.3 is 0 Å². The molecule has 5 rings (SSSR count). The quantitative estimate of drug-likeness (QED) is 0.833. The Morgan fingerprint density at radius 3 is 2.70 bits per heavy atom. The average Bonchev–Trinajstić information content (AvgIpc) is 2.74. The maximum Gasteiger partial charge on any atom is 0.147 e. The van der Waals surface area contributed by atoms with E-state index in [1.807, 2.05) is 12.4 Å². The Balaban J connectivity index is 1.37. The highest BCUT2D eigenvalue weighted by Gasteiger charge is 2.45. The highest BCUT2D eigenvalue weighted by Crippen LogP contribution is 2.44. The molecule has 0 saturated carbocycles. The van der Waals surface area contributed by atoms with Crippen molar-refractivity contribution in [3.8, 4) is 5.75 Å². The van der Waals surface area contributed by atoms with Crippen LogP contribution < -0.4 is 9.64 Å². The van der Waals surface area contributed by atoms with Crippen molar-refractivity contribution < 1.29 is 4.74 Å². The second kappa shape index (κ2) is 7.12. The van der Waals surface area contributed by atoms with Gasteiger partial charge in [0.1, 0.15) is 11.6 Å². The Bertz CT molecular complexity index is 766. The van der Waals surface area contributed by atoms with Gasteiger partial charge in [-0.1, -0.05) is 12.1 Å². The standard InChI is InChI=1S/C22H28N4O/c1-27-19-7-5-17(6-8-19)20-3-2-4-21-18-11-16(14-26(20)21)13-25(15-18)22-12-23-9-10-24-22/h5-10,12,16,18,20-21H,2-4,11,13-15H2,1H3/t16-,18+,20+,21-/m0/s1. The first-order valence-electron chi connectivity index (χ1n) is 10.2. The number of aromatic nitrogens is 2. The summed E-state index contributed by atoms with van der Waals surface area (Å²) in [5.74, 6) is 3.45. The molecule has 3 fully saturated rings. The molecule has 2 bridgehead atoms. The summed E-state index contributed by atoms with van der Waals surface area (Å²) < 4.78 is 5.35. The minimum Gasteiger partial charge on any atom is -0.497 e. The first kappa shape index (κ1) is 17.0. The molecule has 0 unspecified atom stereocenters. The van der Waals surface area contributed by atoms with E-state index >= 15 is 0 Å². The molecule has 27 heavy (non-hydrogen) atoms. The Morgan fingerprint density at radius 2 is 1.93 bits per heavy atom. The summed E-state index contributed by atoms with van der Waals surface area (Å²) in [7, 11) is 1.74. The van der Waals surface area contributed by atoms with Crippen LogP contribution in [0, 0.1) is 11.8 Å². The monoisotopic (exact) mass is 364 g/mol. The van der Waals surface area contributed by atoms with Crippen molar-refractivity contribution in [1.29, 1.82) is 0 Å². The van der Waals surface area contributed by atoms with Crippen LogP contribution in [0.4, 0.5) is 5.82 Å². The minimum absolute atomic E-state index is 0.558. The van der Waals surface area contributed by atoms with E-state index in [1.165, 1.54) is 37.8 Å². The second-order valence-corrected chi connectivity index (χ2v) is 8.31. The molecule has 0 N–H and O–H groups in total. The molecule has 3 aliphatic rings. The number of nitrogens with zero attached hydrogens (tertiary/aromatic N) is 4. The van der Waals surface area contributed by atoms with Crippen LogP contribution in [-0.4, -0.2) is 47.7 Å². The van der Waals surface area contributed by atoms with Gasteiger partial charge in [0.15, 0.2) is 0 Å². The van der Waals surface area contributed by atoms with Crippen LogP contribution in [-0.2, 0) is 0 Å². The summed E-state index contributed by atoms with van der Waals surface area (Å²) in [6, 6.07) is 10.0. The lowest BCUT2D eigenvalue weighted by Crippen LogP contribution is -2.59. The van der Waals surface area contributed by atoms with Crippen LogP contribution in [0.5, 0.6) is 5.75 Å². The number of anilines is 1. The fraction of sp³-hybridized carbons (Fsp3) is 0.545. The largest absolute Gasteiger partial charge is 0.497 e. The van der Waals surface area contributed by atoms with Gasteiger partial charge in [-0.3, -0.25) is 9.88 Å². The lowest BCUT2D eigenvalue weighted by molar-refractivity contribution is -0.0201. The topological polar surface area (TPSA) is 41.5 Å². The summed E-state index contributed by atoms with van der Waals surface area (Å²) >= 11 is 0. The molecule has 0 amide bonds. The van der Waals surface area contributed by atoms with Crippen molar-refractivity contribution in [1.82, 2.24) is 14.9 Å². The third kappa shape index (κ3) is 3.18. The second-order valence-electron chi connectivity index (χ2n) is 8.31. The lowest BCUT2D eigenvalue weighted by Gasteiger charge is -2.55. The van der Waals surface area contributed by atoms with Gasteiger partial charge < -0.3 is 9.64 Å². The molecule has 1 aromatic heterocycles. The number of benzene rings is 1. The summed E-state index contributed by atoms with van der Waals surface area (Å²) in [6.45, 7) is 3.42. The Labute approximate surface area is 161 Å². The van der Waals surface area contributed by atoms with E-state index in [2.05, 4.69) is 44.0 Å². The number of methoxy groups -OCH3 is 1. The van der Waals surface area contributed by atoms with Crippen molar-refractivity contribution in [2.24, 2.45) is 11.8 Å². The van der Waals surface area contributed by atoms with E-state index in [0.717, 1.165) is 36.5 Å². The van der Waals surface area contributed by atoms with Gasteiger partial charge in [0.05, 0.1) is 13.3 Å². The van der Waals surface area contributed by atoms with Crippen molar-refractivity contribution >= 4 is 5.82 Å². The van der Waals surface area contributed by atoms with Crippen LogP contribution in [0.3, 0.4) is 0 Å². The Hall–Kier alpha value is -2.14. The summed E-state index contributed by atoms with van der Waals surface area (Å²) in [6.07, 6.45) is 10.8. The van der Waals surface area contributed by atoms with Gasteiger partial charge in [-0.05, 0) is 55.2 Å². The Kier molecular flexibility index (Phi) is 4.48. The summed E-state index contributed by atoms with van der Waals surface area (Å²) in [4.78, 5) is 14.1. The lowest BCUT2D eigenvalue weighted by atomic mass is 9.74. The van der Waals surface area contributed by atoms with E-state index in [-0.39, 0.29) is 0 Å². The molecular weight excluding hydrogens is 336 g/mol. The number of hydrogen-bond donors (Lipinski definition) is 0. The average molecular weight is 364 g/mol. The van der Waals surface area contributed by atoms with Crippen LogP contribution in [0.1, 0.15) is 37.3 Å². The number of rotatable bonds is 3. The van der Waals surface area contributed by atoms with Crippen LogP contribution >= 0.6 is 0 Å². The first-order valence-corrected chi connectivity index (χ1v) is 10.2. The van der Waals surface area contributed by atoms with Gasteiger partial charge in [0.2, 0.25) is 0 Å². The summed E-state index contributed by atoms with van der Waals surface area (Å²) in [5, 5.41) is 0. The molecule has 4 heterocycles. The fourth-order valence-corrected chi connectivity index (χ4v) is 5.63. The zero-order chi connectivity index (χ0) is 18.2. The molecule has 0 aliphatic carbocycles. The molecule has 3 saturated heterocycles. The van der Waals surface area contributed by atoms with Crippen LogP contribution in [0.2, 0.25) is 0 Å². The van der Waals surface area contributed by atoms with Crippen molar-refractivity contribution in [2.45, 2.75) is 37.8 Å². The zero-order valence-corrected chi connectivity index (χ0v) is 16.0. The molecule has 0 spiro atoms. The predicted molar refractivity (Wildman–Crippen MR) is 106 cm³/mol. The molecule has 142 valence electrons. The van der Waals surface area contributed by atoms with Crippen LogP contribution in [0.25, 0.3) is 0 Å². The molecule has 5 nitrogen and oxygen atoms in total. The summed E-state index contributed by atoms with van der Waals surface area (Å²) in [5.41, 5.74) is 1.45. The number of fused-ring (bicyclic) bond motifs is 4. The SMILES string of the molecule is COc1ccc([C@H]2CCC[C@H]3[C@@H]4C[C@@H](CN(c5cnccn5)C4)CN23)cc1. The first-order chi connectivity index (χ1) is 13.3. The normalized spacial score (nSPS) is 30.6. The van der Waals surface area contributed by atoms with E-state index in [1.54, 1.807) is 13.3 Å². The van der Waals surface area contributed by atoms with Gasteiger partial charge in [0.25, 0.3) is 0 Å². The van der Waals surface area contributed by atoms with Crippen molar-refractivity contribution in [3.63, 3.8) is 0 Å². The van der Waals surface area contributed by atoms with E-state index < -0.39 is 0 Å². The molecular formula is C22H28N4O. The van der Waals surface area contributed by atoms with Crippen molar-refractivity contribution in [2.75, 3.05) is 31.6 Å². The third-order valence-electron chi connectivity index (χ3n) is 6.76. The number of ether oxygens (including phenoxy) is 1. The van der Waals surface area contributed by atoms with Gasteiger partial charge in [-0.2, -0.15) is 0 Å². The minimum atomic E-state index is 0.558. The van der Waals surface area contributed by atoms with E-state index in [0.29, 0.717) is 12.1 Å². The zero-order valence-electron chi connectivity index (χ0n) is 16.0. The molecule has 4 atom stereocenters. The maximum absolute atomic E-state index is 5.35. The Morgan fingerprint density at radius 1 is 1.04 bits per heavy atom. The van der Waals surface area contributed by atoms with E-state index in [4.69, 9.17) is 4.74 Å². The highest BCUT2D eigenvalue weighted by atomic mass is 16.5. The number of hydrogen-bond acceptors (Lipinski definition) is 5. The fourth-order valence-electron chi connectivity index (χ4n) is 5.63. The smallest absolute Gasteiger partial charge is 0.147 e. The van der Waals surface area contributed by atoms with Gasteiger partial charge in [-0.25, -0.2) is 4.98 Å². The predicted octanol–water partition coefficient (Wildman–Crippen LogP) is 3.54. The molecule has 0 radical (unpaired) electrons. The molecule has 3 aliphatic heterocycles.